The quantitative estimate of drug-likeness (QED) is 0.433. The Hall–Kier alpha value is -3.74. The molecule has 1 N–H and O–H groups in total. The Labute approximate surface area is 191 Å². The second kappa shape index (κ2) is 7.99. The fraction of sp³-hybridized carbons (Fsp3) is 0.308. The van der Waals surface area contributed by atoms with Gasteiger partial charge in [-0.25, -0.2) is 4.79 Å². The minimum absolute atomic E-state index is 0.144. The van der Waals surface area contributed by atoms with Crippen molar-refractivity contribution >= 4 is 35.1 Å². The van der Waals surface area contributed by atoms with Crippen LogP contribution in [0.3, 0.4) is 0 Å². The van der Waals surface area contributed by atoms with E-state index in [9.17, 15) is 19.2 Å². The summed E-state index contributed by atoms with van der Waals surface area (Å²) in [6, 6.07) is 11.8. The highest BCUT2D eigenvalue weighted by molar-refractivity contribution is 6.22. The Morgan fingerprint density at radius 3 is 2.09 bits per heavy atom. The van der Waals surface area contributed by atoms with Crippen LogP contribution in [-0.4, -0.2) is 30.3 Å². The van der Waals surface area contributed by atoms with Gasteiger partial charge in [-0.05, 0) is 79.6 Å². The van der Waals surface area contributed by atoms with Crippen LogP contribution in [0.1, 0.15) is 27.9 Å². The molecular weight excluding hydrogens is 420 g/mol. The smallest absolute Gasteiger partial charge is 0.338 e. The topological polar surface area (TPSA) is 92.8 Å². The maximum atomic E-state index is 12.9. The summed E-state index contributed by atoms with van der Waals surface area (Å²) in [4.78, 5) is 51.6. The van der Waals surface area contributed by atoms with Crippen LogP contribution in [0.5, 0.6) is 0 Å². The van der Waals surface area contributed by atoms with Crippen molar-refractivity contribution in [2.75, 3.05) is 16.8 Å². The molecule has 2 aromatic carbocycles. The second-order valence-electron chi connectivity index (χ2n) is 9.06. The molecule has 33 heavy (non-hydrogen) atoms. The van der Waals surface area contributed by atoms with Crippen molar-refractivity contribution in [1.82, 2.24) is 0 Å². The number of rotatable bonds is 5. The first-order valence-corrected chi connectivity index (χ1v) is 11.0. The number of allylic oxidation sites excluding steroid dienone is 2. The lowest BCUT2D eigenvalue weighted by Gasteiger charge is -2.17. The van der Waals surface area contributed by atoms with Gasteiger partial charge in [-0.2, -0.15) is 0 Å². The van der Waals surface area contributed by atoms with Crippen LogP contribution in [0.2, 0.25) is 0 Å². The van der Waals surface area contributed by atoms with E-state index < -0.39 is 18.5 Å². The van der Waals surface area contributed by atoms with Gasteiger partial charge in [0.05, 0.1) is 23.1 Å². The number of nitrogens with zero attached hydrogens (tertiary/aromatic N) is 1. The van der Waals surface area contributed by atoms with Gasteiger partial charge in [0, 0.05) is 5.69 Å². The number of hydrogen-bond donors (Lipinski definition) is 1. The van der Waals surface area contributed by atoms with Gasteiger partial charge in [0.25, 0.3) is 5.91 Å². The number of aryl methyl sites for hydroxylation is 2. The van der Waals surface area contributed by atoms with Crippen LogP contribution < -0.4 is 10.2 Å². The number of benzene rings is 2. The number of ether oxygens (including phenoxy) is 1. The van der Waals surface area contributed by atoms with Crippen molar-refractivity contribution in [3.05, 3.63) is 71.3 Å². The van der Waals surface area contributed by atoms with Gasteiger partial charge in [0.1, 0.15) is 0 Å². The van der Waals surface area contributed by atoms with Gasteiger partial charge in [0.15, 0.2) is 6.61 Å². The summed E-state index contributed by atoms with van der Waals surface area (Å²) >= 11 is 0. The summed E-state index contributed by atoms with van der Waals surface area (Å²) in [5, 5.41) is 2.71. The van der Waals surface area contributed by atoms with Gasteiger partial charge in [-0.15, -0.1) is 0 Å². The van der Waals surface area contributed by atoms with Crippen LogP contribution in [0.25, 0.3) is 0 Å². The molecule has 0 spiro atoms. The molecule has 3 amide bonds. The standard InChI is InChI=1S/C26H24N2O5/c1-14-9-15(2)11-19(10-14)27-21(29)13-33-26(32)16-5-7-20(8-6-16)28-24(30)22-17-3-4-18(12-17)23(22)25(28)31/h3-11,17-18,22-23H,12-13H2,1-2H3,(H,27,29)/t17-,18-,22-,23+/m0/s1. The Kier molecular flexibility index (Phi) is 5.12. The molecule has 0 radical (unpaired) electrons. The number of carbonyl (C=O) groups is 4. The molecule has 2 aliphatic carbocycles. The molecule has 7 nitrogen and oxygen atoms in total. The van der Waals surface area contributed by atoms with E-state index >= 15 is 0 Å². The number of carbonyl (C=O) groups excluding carboxylic acids is 4. The van der Waals surface area contributed by atoms with Gasteiger partial charge < -0.3 is 10.1 Å². The van der Waals surface area contributed by atoms with Crippen molar-refractivity contribution in [3.63, 3.8) is 0 Å². The molecule has 3 aliphatic rings. The summed E-state index contributed by atoms with van der Waals surface area (Å²) in [5.74, 6) is -1.68. The van der Waals surface area contributed by atoms with Gasteiger partial charge in [-0.1, -0.05) is 18.2 Å². The van der Waals surface area contributed by atoms with Crippen LogP contribution >= 0.6 is 0 Å². The monoisotopic (exact) mass is 444 g/mol. The number of hydrogen-bond acceptors (Lipinski definition) is 5. The minimum atomic E-state index is -0.657. The van der Waals surface area contributed by atoms with Gasteiger partial charge >= 0.3 is 5.97 Å². The van der Waals surface area contributed by atoms with E-state index in [1.54, 1.807) is 12.1 Å². The highest BCUT2D eigenvalue weighted by Gasteiger charge is 2.59. The van der Waals surface area contributed by atoms with Crippen LogP contribution in [0.4, 0.5) is 11.4 Å². The maximum absolute atomic E-state index is 12.9. The summed E-state index contributed by atoms with van der Waals surface area (Å²) in [5.41, 5.74) is 3.36. The highest BCUT2D eigenvalue weighted by atomic mass is 16.5. The molecule has 4 atom stereocenters. The van der Waals surface area contributed by atoms with E-state index in [1.165, 1.54) is 17.0 Å². The third-order valence-corrected chi connectivity index (χ3v) is 6.67. The Balaban J connectivity index is 1.20. The van der Waals surface area contributed by atoms with E-state index in [0.717, 1.165) is 17.5 Å². The average Bonchev–Trinajstić information content (AvgIpc) is 3.45. The molecule has 0 aromatic heterocycles. The van der Waals surface area contributed by atoms with E-state index in [4.69, 9.17) is 4.74 Å². The van der Waals surface area contributed by atoms with E-state index in [-0.39, 0.29) is 41.0 Å². The molecule has 1 saturated heterocycles. The zero-order valence-corrected chi connectivity index (χ0v) is 18.4. The SMILES string of the molecule is Cc1cc(C)cc(NC(=O)COC(=O)c2ccc(N3C(=O)[C@@H]4[C@H](C3=O)[C@H]3C=C[C@H]4C3)cc2)c1. The molecule has 2 fully saturated rings. The molecule has 1 heterocycles. The van der Waals surface area contributed by atoms with E-state index in [2.05, 4.69) is 17.5 Å². The van der Waals surface area contributed by atoms with Crippen molar-refractivity contribution < 1.29 is 23.9 Å². The number of imide groups is 1. The average molecular weight is 444 g/mol. The fourth-order valence-corrected chi connectivity index (χ4v) is 5.36. The highest BCUT2D eigenvalue weighted by Crippen LogP contribution is 2.53. The van der Waals surface area contributed by atoms with Crippen molar-refractivity contribution in [2.24, 2.45) is 23.7 Å². The Morgan fingerprint density at radius 1 is 0.939 bits per heavy atom. The lowest BCUT2D eigenvalue weighted by atomic mass is 9.85. The first-order valence-electron chi connectivity index (χ1n) is 11.0. The number of fused-ring (bicyclic) bond motifs is 5. The molecule has 0 unspecified atom stereocenters. The van der Waals surface area contributed by atoms with Gasteiger partial charge in [0.2, 0.25) is 11.8 Å². The van der Waals surface area contributed by atoms with Crippen LogP contribution in [0, 0.1) is 37.5 Å². The fourth-order valence-electron chi connectivity index (χ4n) is 5.36. The third-order valence-electron chi connectivity index (χ3n) is 6.67. The molecule has 5 rings (SSSR count). The first-order chi connectivity index (χ1) is 15.8. The maximum Gasteiger partial charge on any atom is 0.338 e. The lowest BCUT2D eigenvalue weighted by molar-refractivity contribution is -0.123. The van der Waals surface area contributed by atoms with Crippen molar-refractivity contribution in [3.8, 4) is 0 Å². The zero-order chi connectivity index (χ0) is 23.3. The molecule has 1 aliphatic heterocycles. The number of amides is 3. The molecule has 1 saturated carbocycles. The van der Waals surface area contributed by atoms with Crippen molar-refractivity contribution in [1.29, 1.82) is 0 Å². The Bertz CT molecular complexity index is 1150. The molecule has 7 heteroatoms. The Morgan fingerprint density at radius 2 is 1.52 bits per heavy atom. The van der Waals surface area contributed by atoms with Crippen LogP contribution in [0.15, 0.2) is 54.6 Å². The summed E-state index contributed by atoms with van der Waals surface area (Å²) < 4.78 is 5.12. The number of esters is 1. The first kappa shape index (κ1) is 21.1. The van der Waals surface area contributed by atoms with Crippen LogP contribution in [-0.2, 0) is 19.1 Å². The minimum Gasteiger partial charge on any atom is -0.452 e. The normalized spacial score (nSPS) is 24.8. The molecule has 2 aromatic rings. The van der Waals surface area contributed by atoms with Crippen molar-refractivity contribution in [2.45, 2.75) is 20.3 Å². The second-order valence-corrected chi connectivity index (χ2v) is 9.06. The molecule has 2 bridgehead atoms. The van der Waals surface area contributed by atoms with E-state index in [1.807, 2.05) is 32.0 Å². The zero-order valence-electron chi connectivity index (χ0n) is 18.4. The van der Waals surface area contributed by atoms with E-state index in [0.29, 0.717) is 11.4 Å². The summed E-state index contributed by atoms with van der Waals surface area (Å²) in [6.07, 6.45) is 4.98. The predicted octanol–water partition coefficient (Wildman–Crippen LogP) is 3.41. The predicted molar refractivity (Wildman–Crippen MR) is 121 cm³/mol. The summed E-state index contributed by atoms with van der Waals surface area (Å²) in [7, 11) is 0. The molecular formula is C26H24N2O5. The summed E-state index contributed by atoms with van der Waals surface area (Å²) in [6.45, 7) is 3.45. The third kappa shape index (κ3) is 3.73. The molecule has 168 valence electrons. The number of anilines is 2. The van der Waals surface area contributed by atoms with Gasteiger partial charge in [-0.3, -0.25) is 19.3 Å². The number of nitrogens with one attached hydrogen (secondary N) is 1. The largest absolute Gasteiger partial charge is 0.452 e. The lowest BCUT2D eigenvalue weighted by Crippen LogP contribution is -2.32.